The van der Waals surface area contributed by atoms with E-state index in [0.29, 0.717) is 0 Å². The molecule has 5 nitrogen and oxygen atoms in total. The van der Waals surface area contributed by atoms with Crippen molar-refractivity contribution in [2.75, 3.05) is 18.0 Å². The number of benzene rings is 1. The minimum atomic E-state index is -2.62. The van der Waals surface area contributed by atoms with Crippen LogP contribution in [0, 0.1) is 0 Å². The lowest BCUT2D eigenvalue weighted by Gasteiger charge is -2.29. The van der Waals surface area contributed by atoms with Gasteiger partial charge >= 0.3 is 6.03 Å². The van der Waals surface area contributed by atoms with Gasteiger partial charge < -0.3 is 10.2 Å². The number of hydrogen-bond acceptors (Lipinski definition) is 3. The standard InChI is InChI=1S/C17H21F2N3O2/c18-15(19)10-14-16(23)22(17(24)20-14)11-12-4-6-13(7-5-12)21-8-2-1-3-9-21/h4-7,14-15H,1-3,8-11H2,(H,20,24)/t14-/m0/s1. The summed E-state index contributed by atoms with van der Waals surface area (Å²) >= 11 is 0. The molecule has 2 fully saturated rings. The van der Waals surface area contributed by atoms with Crippen molar-refractivity contribution in [3.63, 3.8) is 0 Å². The Morgan fingerprint density at radius 2 is 1.75 bits per heavy atom. The van der Waals surface area contributed by atoms with Gasteiger partial charge in [-0.1, -0.05) is 12.1 Å². The third-order valence-corrected chi connectivity index (χ3v) is 4.52. The number of urea groups is 1. The summed E-state index contributed by atoms with van der Waals surface area (Å²) in [5.41, 5.74) is 1.93. The molecule has 1 aromatic rings. The number of hydrogen-bond donors (Lipinski definition) is 1. The fourth-order valence-corrected chi connectivity index (χ4v) is 3.21. The van der Waals surface area contributed by atoms with E-state index in [9.17, 15) is 18.4 Å². The summed E-state index contributed by atoms with van der Waals surface area (Å²) in [6, 6.07) is 6.00. The van der Waals surface area contributed by atoms with E-state index in [2.05, 4.69) is 10.2 Å². The first-order valence-corrected chi connectivity index (χ1v) is 8.28. The van der Waals surface area contributed by atoms with Crippen LogP contribution in [0.25, 0.3) is 0 Å². The highest BCUT2D eigenvalue weighted by molar-refractivity contribution is 6.04. The van der Waals surface area contributed by atoms with E-state index in [-0.39, 0.29) is 6.54 Å². The second-order valence-electron chi connectivity index (χ2n) is 6.27. The molecule has 0 aliphatic carbocycles. The first-order valence-electron chi connectivity index (χ1n) is 8.28. The number of alkyl halides is 2. The van der Waals surface area contributed by atoms with Crippen molar-refractivity contribution in [3.05, 3.63) is 29.8 Å². The molecule has 2 aliphatic rings. The number of piperidine rings is 1. The number of nitrogens with one attached hydrogen (secondary N) is 1. The SMILES string of the molecule is O=C1N[C@@H](CC(F)F)C(=O)N1Cc1ccc(N2CCCCC2)cc1. The second kappa shape index (κ2) is 7.15. The molecule has 3 amide bonds. The Balaban J connectivity index is 1.63. The predicted molar refractivity (Wildman–Crippen MR) is 86.0 cm³/mol. The van der Waals surface area contributed by atoms with Crippen LogP contribution in [0.4, 0.5) is 19.3 Å². The molecule has 130 valence electrons. The van der Waals surface area contributed by atoms with Crippen LogP contribution in [-0.4, -0.2) is 42.4 Å². The number of halogens is 2. The first-order chi connectivity index (χ1) is 11.5. The van der Waals surface area contributed by atoms with Crippen LogP contribution in [0.2, 0.25) is 0 Å². The van der Waals surface area contributed by atoms with Gasteiger partial charge in [-0.25, -0.2) is 13.6 Å². The Labute approximate surface area is 139 Å². The fraction of sp³-hybridized carbons (Fsp3) is 0.529. The van der Waals surface area contributed by atoms with Crippen molar-refractivity contribution in [2.45, 2.75) is 44.7 Å². The van der Waals surface area contributed by atoms with E-state index in [1.165, 1.54) is 19.3 Å². The summed E-state index contributed by atoms with van der Waals surface area (Å²) in [4.78, 5) is 27.2. The third kappa shape index (κ3) is 3.66. The Kier molecular flexibility index (Phi) is 4.97. The molecule has 0 radical (unpaired) electrons. The molecule has 0 saturated carbocycles. The summed E-state index contributed by atoms with van der Waals surface area (Å²) in [6.45, 7) is 2.19. The minimum absolute atomic E-state index is 0.102. The van der Waals surface area contributed by atoms with Crippen molar-refractivity contribution >= 4 is 17.6 Å². The molecule has 0 spiro atoms. The number of carbonyl (C=O) groups is 2. The van der Waals surface area contributed by atoms with Crippen LogP contribution in [0.5, 0.6) is 0 Å². The van der Waals surface area contributed by atoms with Crippen LogP contribution in [-0.2, 0) is 11.3 Å². The maximum absolute atomic E-state index is 12.4. The van der Waals surface area contributed by atoms with Crippen molar-refractivity contribution in [1.82, 2.24) is 10.2 Å². The second-order valence-corrected chi connectivity index (χ2v) is 6.27. The third-order valence-electron chi connectivity index (χ3n) is 4.52. The van der Waals surface area contributed by atoms with Crippen molar-refractivity contribution in [2.24, 2.45) is 0 Å². The Bertz CT molecular complexity index is 600. The molecule has 1 aromatic carbocycles. The van der Waals surface area contributed by atoms with E-state index in [0.717, 1.165) is 29.2 Å². The molecule has 2 saturated heterocycles. The molecular formula is C17H21F2N3O2. The topological polar surface area (TPSA) is 52.7 Å². The van der Waals surface area contributed by atoms with Gasteiger partial charge in [0, 0.05) is 25.2 Å². The largest absolute Gasteiger partial charge is 0.372 e. The minimum Gasteiger partial charge on any atom is -0.372 e. The maximum atomic E-state index is 12.4. The van der Waals surface area contributed by atoms with E-state index >= 15 is 0 Å². The van der Waals surface area contributed by atoms with Gasteiger partial charge in [0.15, 0.2) is 0 Å². The van der Waals surface area contributed by atoms with E-state index in [1.807, 2.05) is 24.3 Å². The Morgan fingerprint density at radius 3 is 2.38 bits per heavy atom. The molecular weight excluding hydrogens is 316 g/mol. The normalized spacial score (nSPS) is 21.5. The maximum Gasteiger partial charge on any atom is 0.325 e. The molecule has 24 heavy (non-hydrogen) atoms. The zero-order valence-corrected chi connectivity index (χ0v) is 13.4. The number of nitrogens with zero attached hydrogens (tertiary/aromatic N) is 2. The zero-order valence-electron chi connectivity index (χ0n) is 13.4. The van der Waals surface area contributed by atoms with Crippen molar-refractivity contribution in [3.8, 4) is 0 Å². The smallest absolute Gasteiger partial charge is 0.325 e. The van der Waals surface area contributed by atoms with Gasteiger partial charge in [0.25, 0.3) is 5.91 Å². The van der Waals surface area contributed by atoms with Gasteiger partial charge in [-0.2, -0.15) is 0 Å². The average molecular weight is 337 g/mol. The molecule has 0 aromatic heterocycles. The molecule has 3 rings (SSSR count). The number of imide groups is 1. The molecule has 2 heterocycles. The summed E-state index contributed by atoms with van der Waals surface area (Å²) in [6.07, 6.45) is 0.379. The summed E-state index contributed by atoms with van der Waals surface area (Å²) in [5, 5.41) is 2.32. The quantitative estimate of drug-likeness (QED) is 0.841. The van der Waals surface area contributed by atoms with Gasteiger partial charge in [-0.05, 0) is 37.0 Å². The van der Waals surface area contributed by atoms with Gasteiger partial charge in [0.1, 0.15) is 6.04 Å². The summed E-state index contributed by atoms with van der Waals surface area (Å²) in [7, 11) is 0. The number of rotatable bonds is 5. The zero-order chi connectivity index (χ0) is 17.1. The molecule has 0 unspecified atom stereocenters. The predicted octanol–water partition coefficient (Wildman–Crippen LogP) is 2.75. The van der Waals surface area contributed by atoms with E-state index in [4.69, 9.17) is 0 Å². The van der Waals surface area contributed by atoms with Crippen LogP contribution < -0.4 is 10.2 Å². The molecule has 2 aliphatic heterocycles. The lowest BCUT2D eigenvalue weighted by molar-refractivity contribution is -0.128. The lowest BCUT2D eigenvalue weighted by atomic mass is 10.1. The summed E-state index contributed by atoms with van der Waals surface area (Å²) < 4.78 is 24.9. The van der Waals surface area contributed by atoms with Crippen LogP contribution in [0.15, 0.2) is 24.3 Å². The fourth-order valence-electron chi connectivity index (χ4n) is 3.21. The van der Waals surface area contributed by atoms with Gasteiger partial charge in [-0.3, -0.25) is 9.69 Å². The molecule has 1 N–H and O–H groups in total. The van der Waals surface area contributed by atoms with E-state index in [1.54, 1.807) is 0 Å². The van der Waals surface area contributed by atoms with Crippen LogP contribution in [0.3, 0.4) is 0 Å². The molecule has 0 bridgehead atoms. The average Bonchev–Trinajstić information content (AvgIpc) is 2.83. The van der Waals surface area contributed by atoms with Gasteiger partial charge in [0.2, 0.25) is 6.43 Å². The highest BCUT2D eigenvalue weighted by atomic mass is 19.3. The number of amides is 3. The molecule has 7 heteroatoms. The highest BCUT2D eigenvalue weighted by Crippen LogP contribution is 2.22. The number of carbonyl (C=O) groups excluding carboxylic acids is 2. The number of anilines is 1. The van der Waals surface area contributed by atoms with Crippen LogP contribution >= 0.6 is 0 Å². The van der Waals surface area contributed by atoms with Crippen LogP contribution in [0.1, 0.15) is 31.2 Å². The monoisotopic (exact) mass is 337 g/mol. The van der Waals surface area contributed by atoms with Crippen molar-refractivity contribution in [1.29, 1.82) is 0 Å². The Morgan fingerprint density at radius 1 is 1.08 bits per heavy atom. The van der Waals surface area contributed by atoms with Gasteiger partial charge in [0.05, 0.1) is 6.54 Å². The Hall–Kier alpha value is -2.18. The molecule has 1 atom stereocenters. The van der Waals surface area contributed by atoms with E-state index < -0.39 is 30.8 Å². The van der Waals surface area contributed by atoms with Crippen molar-refractivity contribution < 1.29 is 18.4 Å². The lowest BCUT2D eigenvalue weighted by Crippen LogP contribution is -2.32. The first kappa shape index (κ1) is 16.7. The van der Waals surface area contributed by atoms with Gasteiger partial charge in [-0.15, -0.1) is 0 Å². The highest BCUT2D eigenvalue weighted by Gasteiger charge is 2.39. The summed E-state index contributed by atoms with van der Waals surface area (Å²) in [5.74, 6) is -0.583.